The number of carbonyl (C=O) groups excluding carboxylic acids is 2. The van der Waals surface area contributed by atoms with Crippen LogP contribution in [0.2, 0.25) is 10.0 Å². The van der Waals surface area contributed by atoms with E-state index in [9.17, 15) is 18.0 Å². The fraction of sp³-hybridized carbons (Fsp3) is 0.333. The van der Waals surface area contributed by atoms with Gasteiger partial charge in [-0.3, -0.25) is 13.9 Å². The summed E-state index contributed by atoms with van der Waals surface area (Å²) in [4.78, 5) is 27.3. The Balaban J connectivity index is 2.49. The molecule has 0 bridgehead atoms. The molecule has 2 aromatic rings. The first-order chi connectivity index (χ1) is 15.0. The number of amides is 2. The number of nitrogens with zero attached hydrogens (tertiary/aromatic N) is 2. The van der Waals surface area contributed by atoms with Gasteiger partial charge < -0.3 is 10.2 Å². The second-order valence-electron chi connectivity index (χ2n) is 7.01. The van der Waals surface area contributed by atoms with Crippen LogP contribution in [0.4, 0.5) is 5.69 Å². The van der Waals surface area contributed by atoms with Crippen LogP contribution in [0.25, 0.3) is 0 Å². The number of carbonyl (C=O) groups is 2. The molecule has 11 heteroatoms. The molecule has 0 aliphatic rings. The number of hydrogen-bond acceptors (Lipinski definition) is 4. The third-order valence-corrected chi connectivity index (χ3v) is 7.14. The lowest BCUT2D eigenvalue weighted by Gasteiger charge is -2.33. The Morgan fingerprint density at radius 3 is 2.22 bits per heavy atom. The highest BCUT2D eigenvalue weighted by molar-refractivity contribution is 9.10. The first-order valence-corrected chi connectivity index (χ1v) is 13.1. The van der Waals surface area contributed by atoms with Crippen molar-refractivity contribution >= 4 is 66.7 Å². The lowest BCUT2D eigenvalue weighted by molar-refractivity contribution is -0.140. The molecule has 0 fully saturated rings. The second-order valence-corrected chi connectivity index (χ2v) is 10.6. The fourth-order valence-electron chi connectivity index (χ4n) is 3.18. The number of nitrogens with one attached hydrogen (secondary N) is 1. The smallest absolute Gasteiger partial charge is 0.244 e. The van der Waals surface area contributed by atoms with E-state index in [4.69, 9.17) is 23.2 Å². The number of rotatable bonds is 9. The zero-order valence-corrected chi connectivity index (χ0v) is 21.7. The minimum absolute atomic E-state index is 0.0562. The summed E-state index contributed by atoms with van der Waals surface area (Å²) in [5.74, 6) is -0.945. The van der Waals surface area contributed by atoms with E-state index >= 15 is 0 Å². The predicted octanol–water partition coefficient (Wildman–Crippen LogP) is 4.08. The minimum atomic E-state index is -3.80. The first kappa shape index (κ1) is 26.4. The second kappa shape index (κ2) is 11.4. The van der Waals surface area contributed by atoms with Crippen LogP contribution in [0.5, 0.6) is 0 Å². The Morgan fingerprint density at radius 1 is 1.12 bits per heavy atom. The van der Waals surface area contributed by atoms with Crippen molar-refractivity contribution in [2.24, 2.45) is 0 Å². The van der Waals surface area contributed by atoms with E-state index < -0.39 is 28.5 Å². The molecule has 0 aromatic heterocycles. The SMILES string of the molecule is CCC(C(=O)NC)N(Cc1c(Cl)cccc1Cl)C(=O)CN(c1cccc(Br)c1)S(C)(=O)=O. The summed E-state index contributed by atoms with van der Waals surface area (Å²) in [6.45, 7) is 1.21. The van der Waals surface area contributed by atoms with Gasteiger partial charge >= 0.3 is 0 Å². The first-order valence-electron chi connectivity index (χ1n) is 9.66. The van der Waals surface area contributed by atoms with E-state index in [1.54, 1.807) is 49.4 Å². The molecule has 0 aliphatic heterocycles. The van der Waals surface area contributed by atoms with E-state index in [1.165, 1.54) is 11.9 Å². The molecular weight excluding hydrogens is 541 g/mol. The molecule has 174 valence electrons. The number of sulfonamides is 1. The summed E-state index contributed by atoms with van der Waals surface area (Å²) in [7, 11) is -2.33. The van der Waals surface area contributed by atoms with Gasteiger partial charge in [0.25, 0.3) is 0 Å². The van der Waals surface area contributed by atoms with E-state index in [-0.39, 0.29) is 12.5 Å². The number of hydrogen-bond donors (Lipinski definition) is 1. The quantitative estimate of drug-likeness (QED) is 0.497. The van der Waals surface area contributed by atoms with Crippen molar-refractivity contribution in [3.05, 3.63) is 62.5 Å². The van der Waals surface area contributed by atoms with Crippen LogP contribution in [0.15, 0.2) is 46.9 Å². The van der Waals surface area contributed by atoms with Crippen LogP contribution in [0, 0.1) is 0 Å². The summed E-state index contributed by atoms with van der Waals surface area (Å²) in [5, 5.41) is 3.24. The van der Waals surface area contributed by atoms with Gasteiger partial charge in [0, 0.05) is 33.7 Å². The Labute approximate surface area is 206 Å². The van der Waals surface area contributed by atoms with Crippen molar-refractivity contribution < 1.29 is 18.0 Å². The summed E-state index contributed by atoms with van der Waals surface area (Å²) in [6.07, 6.45) is 1.33. The molecule has 32 heavy (non-hydrogen) atoms. The van der Waals surface area contributed by atoms with Crippen LogP contribution in [-0.4, -0.2) is 51.0 Å². The van der Waals surface area contributed by atoms with Crippen molar-refractivity contribution in [2.45, 2.75) is 25.9 Å². The Bertz CT molecular complexity index is 1080. The molecule has 0 spiro atoms. The monoisotopic (exact) mass is 563 g/mol. The van der Waals surface area contributed by atoms with Crippen LogP contribution in [0.3, 0.4) is 0 Å². The van der Waals surface area contributed by atoms with Crippen molar-refractivity contribution in [1.82, 2.24) is 10.2 Å². The minimum Gasteiger partial charge on any atom is -0.357 e. The Morgan fingerprint density at radius 2 is 1.72 bits per heavy atom. The van der Waals surface area contributed by atoms with Gasteiger partial charge in [0.1, 0.15) is 12.6 Å². The lowest BCUT2D eigenvalue weighted by atomic mass is 10.1. The Kier molecular flexibility index (Phi) is 9.39. The maximum Gasteiger partial charge on any atom is 0.244 e. The topological polar surface area (TPSA) is 86.8 Å². The van der Waals surface area contributed by atoms with Crippen molar-refractivity contribution in [3.8, 4) is 0 Å². The third kappa shape index (κ3) is 6.60. The van der Waals surface area contributed by atoms with E-state index in [1.807, 2.05) is 0 Å². The van der Waals surface area contributed by atoms with Gasteiger partial charge in [0.2, 0.25) is 21.8 Å². The number of likely N-dealkylation sites (N-methyl/N-ethyl adjacent to an activating group) is 1. The zero-order chi connectivity index (χ0) is 24.1. The number of halogens is 3. The number of anilines is 1. The van der Waals surface area contributed by atoms with E-state index in [0.29, 0.717) is 32.2 Å². The molecule has 1 unspecified atom stereocenters. The average molecular weight is 565 g/mol. The highest BCUT2D eigenvalue weighted by Crippen LogP contribution is 2.28. The standard InChI is InChI=1S/C21H24BrCl2N3O4S/c1-4-19(21(29)25-2)26(12-16-17(23)9-6-10-18(16)24)20(28)13-27(32(3,30)31)15-8-5-7-14(22)11-15/h5-11,19H,4,12-13H2,1-3H3,(H,25,29). The highest BCUT2D eigenvalue weighted by Gasteiger charge is 2.32. The molecule has 0 saturated carbocycles. The average Bonchev–Trinajstić information content (AvgIpc) is 2.72. The summed E-state index contributed by atoms with van der Waals surface area (Å²) in [6, 6.07) is 10.7. The van der Waals surface area contributed by atoms with Gasteiger partial charge in [0.05, 0.1) is 11.9 Å². The molecular formula is C21H24BrCl2N3O4S. The molecule has 2 amide bonds. The molecule has 1 atom stereocenters. The summed E-state index contributed by atoms with van der Waals surface area (Å²) >= 11 is 15.9. The largest absolute Gasteiger partial charge is 0.357 e. The van der Waals surface area contributed by atoms with Crippen molar-refractivity contribution in [1.29, 1.82) is 0 Å². The van der Waals surface area contributed by atoms with Gasteiger partial charge in [-0.25, -0.2) is 8.42 Å². The maximum absolute atomic E-state index is 13.4. The van der Waals surface area contributed by atoms with Crippen LogP contribution in [-0.2, 0) is 26.2 Å². The van der Waals surface area contributed by atoms with Gasteiger partial charge in [-0.1, -0.05) is 58.2 Å². The molecule has 0 aliphatic carbocycles. The third-order valence-electron chi connectivity index (χ3n) is 4.80. The predicted molar refractivity (Wildman–Crippen MR) is 131 cm³/mol. The Hall–Kier alpha value is -1.81. The van der Waals surface area contributed by atoms with Gasteiger partial charge in [-0.05, 0) is 36.8 Å². The van der Waals surface area contributed by atoms with E-state index in [0.717, 1.165) is 10.6 Å². The van der Waals surface area contributed by atoms with Crippen molar-refractivity contribution in [3.63, 3.8) is 0 Å². The van der Waals surface area contributed by atoms with Gasteiger partial charge in [-0.2, -0.15) is 0 Å². The zero-order valence-electron chi connectivity index (χ0n) is 17.8. The molecule has 7 nitrogen and oxygen atoms in total. The van der Waals surface area contributed by atoms with Crippen molar-refractivity contribution in [2.75, 3.05) is 24.2 Å². The maximum atomic E-state index is 13.4. The number of benzene rings is 2. The molecule has 0 radical (unpaired) electrons. The molecule has 2 rings (SSSR count). The van der Waals surface area contributed by atoms with Crippen LogP contribution >= 0.6 is 39.1 Å². The molecule has 0 heterocycles. The fourth-order valence-corrected chi connectivity index (χ4v) is 4.93. The van der Waals surface area contributed by atoms with Gasteiger partial charge in [0.15, 0.2) is 0 Å². The molecule has 2 aromatic carbocycles. The summed E-state index contributed by atoms with van der Waals surface area (Å²) < 4.78 is 26.7. The summed E-state index contributed by atoms with van der Waals surface area (Å²) in [5.41, 5.74) is 0.791. The van der Waals surface area contributed by atoms with Gasteiger partial charge in [-0.15, -0.1) is 0 Å². The van der Waals surface area contributed by atoms with Crippen LogP contribution in [0.1, 0.15) is 18.9 Å². The molecule has 0 saturated heterocycles. The lowest BCUT2D eigenvalue weighted by Crippen LogP contribution is -2.51. The molecule has 1 N–H and O–H groups in total. The normalized spacial score (nSPS) is 12.2. The highest BCUT2D eigenvalue weighted by atomic mass is 79.9. The van der Waals surface area contributed by atoms with E-state index in [2.05, 4.69) is 21.2 Å². The van der Waals surface area contributed by atoms with Crippen LogP contribution < -0.4 is 9.62 Å².